The molecule has 1 aliphatic heterocycles. The molecule has 1 fully saturated rings. The minimum Gasteiger partial charge on any atom is -0.340 e. The number of nitrogens with zero attached hydrogens (tertiary/aromatic N) is 3. The predicted octanol–water partition coefficient (Wildman–Crippen LogP) is 2.50. The molecule has 3 rings (SSSR count). The van der Waals surface area contributed by atoms with Crippen molar-refractivity contribution in [3.8, 4) is 0 Å². The normalized spacial score (nSPS) is 16.6. The zero-order valence-electron chi connectivity index (χ0n) is 12.3. The van der Waals surface area contributed by atoms with Gasteiger partial charge in [0.2, 0.25) is 11.8 Å². The fourth-order valence-corrected chi connectivity index (χ4v) is 2.75. The molecule has 1 unspecified atom stereocenters. The summed E-state index contributed by atoms with van der Waals surface area (Å²) in [6.07, 6.45) is 0.809. The maximum Gasteiger partial charge on any atom is 0.233 e. The Morgan fingerprint density at radius 2 is 2.10 bits per heavy atom. The van der Waals surface area contributed by atoms with Crippen LogP contribution in [0.4, 0.5) is 0 Å². The third-order valence-electron chi connectivity index (χ3n) is 3.99. The Kier molecular flexibility index (Phi) is 3.73. The molecule has 0 bridgehead atoms. The van der Waals surface area contributed by atoms with Gasteiger partial charge in [0.1, 0.15) is 0 Å². The lowest BCUT2D eigenvalue weighted by Gasteiger charge is -2.39. The van der Waals surface area contributed by atoms with Gasteiger partial charge in [0, 0.05) is 13.1 Å². The van der Waals surface area contributed by atoms with Crippen LogP contribution in [0.5, 0.6) is 0 Å². The molecule has 21 heavy (non-hydrogen) atoms. The molecule has 1 amide bonds. The Hall–Kier alpha value is -2.17. The monoisotopic (exact) mass is 285 g/mol. The van der Waals surface area contributed by atoms with Crippen molar-refractivity contribution in [1.29, 1.82) is 0 Å². The molecular formula is C16H19N3O2. The average molecular weight is 285 g/mol. The van der Waals surface area contributed by atoms with E-state index in [0.717, 1.165) is 12.0 Å². The summed E-state index contributed by atoms with van der Waals surface area (Å²) in [5.74, 6) is 1.60. The molecular weight excluding hydrogens is 266 g/mol. The number of hydrogen-bond acceptors (Lipinski definition) is 4. The smallest absolute Gasteiger partial charge is 0.233 e. The lowest BCUT2D eigenvalue weighted by molar-refractivity contribution is -0.137. The Balaban J connectivity index is 1.64. The van der Waals surface area contributed by atoms with Gasteiger partial charge in [-0.25, -0.2) is 0 Å². The number of carbonyl (C=O) groups is 1. The van der Waals surface area contributed by atoms with E-state index in [9.17, 15) is 4.79 Å². The zero-order chi connectivity index (χ0) is 14.8. The van der Waals surface area contributed by atoms with E-state index >= 15 is 0 Å². The topological polar surface area (TPSA) is 59.2 Å². The summed E-state index contributed by atoms with van der Waals surface area (Å²) in [6, 6.07) is 9.96. The summed E-state index contributed by atoms with van der Waals surface area (Å²) >= 11 is 0. The highest BCUT2D eigenvalue weighted by Gasteiger charge is 2.37. The molecule has 1 aliphatic rings. The number of rotatable bonds is 4. The van der Waals surface area contributed by atoms with Crippen LogP contribution in [-0.4, -0.2) is 34.0 Å². The second-order valence-electron chi connectivity index (χ2n) is 5.49. The van der Waals surface area contributed by atoms with Gasteiger partial charge in [-0.05, 0) is 18.9 Å². The molecule has 0 N–H and O–H groups in total. The zero-order valence-corrected chi connectivity index (χ0v) is 12.3. The lowest BCUT2D eigenvalue weighted by atomic mass is 9.91. The molecule has 1 aromatic carbocycles. The van der Waals surface area contributed by atoms with E-state index < -0.39 is 0 Å². The Labute approximate surface area is 124 Å². The number of aryl methyl sites for hydroxylation is 1. The first-order chi connectivity index (χ1) is 10.2. The number of amides is 1. The number of likely N-dealkylation sites (tertiary alicyclic amines) is 1. The predicted molar refractivity (Wildman–Crippen MR) is 77.8 cm³/mol. The van der Waals surface area contributed by atoms with Gasteiger partial charge in [0.05, 0.1) is 11.8 Å². The Bertz CT molecular complexity index is 617. The van der Waals surface area contributed by atoms with E-state index in [2.05, 4.69) is 10.1 Å². The van der Waals surface area contributed by atoms with Crippen molar-refractivity contribution in [2.75, 3.05) is 13.1 Å². The summed E-state index contributed by atoms with van der Waals surface area (Å²) in [4.78, 5) is 18.7. The van der Waals surface area contributed by atoms with Crippen LogP contribution >= 0.6 is 0 Å². The molecule has 2 aromatic rings. The number of hydrogen-bond donors (Lipinski definition) is 0. The van der Waals surface area contributed by atoms with Crippen LogP contribution in [0.3, 0.4) is 0 Å². The standard InChI is InChI=1S/C16H19N3O2/c1-3-14(12-7-5-4-6-8-12)16(20)19-9-13(10-19)15-17-11(2)18-21-15/h4-8,13-14H,3,9-10H2,1-2H3. The number of aromatic nitrogens is 2. The van der Waals surface area contributed by atoms with Gasteiger partial charge < -0.3 is 9.42 Å². The summed E-state index contributed by atoms with van der Waals surface area (Å²) in [6.45, 7) is 5.19. The van der Waals surface area contributed by atoms with Gasteiger partial charge in [-0.2, -0.15) is 4.98 Å². The van der Waals surface area contributed by atoms with Crippen molar-refractivity contribution in [3.63, 3.8) is 0 Å². The van der Waals surface area contributed by atoms with Crippen LogP contribution in [0, 0.1) is 6.92 Å². The molecule has 1 saturated heterocycles. The van der Waals surface area contributed by atoms with E-state index in [4.69, 9.17) is 4.52 Å². The fraction of sp³-hybridized carbons (Fsp3) is 0.438. The summed E-state index contributed by atoms with van der Waals surface area (Å²) in [5, 5.41) is 3.80. The second-order valence-corrected chi connectivity index (χ2v) is 5.49. The van der Waals surface area contributed by atoms with E-state index in [1.807, 2.05) is 42.2 Å². The maximum absolute atomic E-state index is 12.6. The summed E-state index contributed by atoms with van der Waals surface area (Å²) in [7, 11) is 0. The van der Waals surface area contributed by atoms with Crippen molar-refractivity contribution in [1.82, 2.24) is 15.0 Å². The van der Waals surface area contributed by atoms with E-state index in [1.54, 1.807) is 6.92 Å². The van der Waals surface area contributed by atoms with Gasteiger partial charge in [0.25, 0.3) is 0 Å². The summed E-state index contributed by atoms with van der Waals surface area (Å²) in [5.41, 5.74) is 1.09. The molecule has 1 aromatic heterocycles. The second kappa shape index (κ2) is 5.68. The van der Waals surface area contributed by atoms with Gasteiger partial charge in [-0.15, -0.1) is 0 Å². The van der Waals surface area contributed by atoms with Crippen molar-refractivity contribution in [2.45, 2.75) is 32.1 Å². The maximum atomic E-state index is 12.6. The van der Waals surface area contributed by atoms with Crippen molar-refractivity contribution in [2.24, 2.45) is 0 Å². The van der Waals surface area contributed by atoms with E-state index in [-0.39, 0.29) is 17.7 Å². The minimum atomic E-state index is -0.0587. The first kappa shape index (κ1) is 13.8. The van der Waals surface area contributed by atoms with Crippen LogP contribution in [0.2, 0.25) is 0 Å². The molecule has 0 spiro atoms. The van der Waals surface area contributed by atoms with Crippen LogP contribution in [0.1, 0.15) is 42.5 Å². The van der Waals surface area contributed by atoms with E-state index in [1.165, 1.54) is 0 Å². The molecule has 0 saturated carbocycles. The average Bonchev–Trinajstić information content (AvgIpc) is 2.85. The van der Waals surface area contributed by atoms with Crippen LogP contribution in [-0.2, 0) is 4.79 Å². The quantitative estimate of drug-likeness (QED) is 0.866. The summed E-state index contributed by atoms with van der Waals surface area (Å²) < 4.78 is 5.17. The molecule has 0 aliphatic carbocycles. The number of carbonyl (C=O) groups excluding carboxylic acids is 1. The Morgan fingerprint density at radius 1 is 1.38 bits per heavy atom. The van der Waals surface area contributed by atoms with Crippen molar-refractivity contribution >= 4 is 5.91 Å². The highest BCUT2D eigenvalue weighted by molar-refractivity contribution is 5.84. The van der Waals surface area contributed by atoms with Gasteiger partial charge in [0.15, 0.2) is 5.82 Å². The third kappa shape index (κ3) is 2.68. The molecule has 5 heteroatoms. The number of benzene rings is 1. The minimum absolute atomic E-state index is 0.0587. The lowest BCUT2D eigenvalue weighted by Crippen LogP contribution is -2.50. The molecule has 110 valence electrons. The molecule has 0 radical (unpaired) electrons. The Morgan fingerprint density at radius 3 is 2.67 bits per heavy atom. The molecule has 1 atom stereocenters. The van der Waals surface area contributed by atoms with Crippen LogP contribution in [0.25, 0.3) is 0 Å². The first-order valence-electron chi connectivity index (χ1n) is 7.33. The van der Waals surface area contributed by atoms with Gasteiger partial charge in [-0.1, -0.05) is 42.4 Å². The van der Waals surface area contributed by atoms with Crippen LogP contribution < -0.4 is 0 Å². The SMILES string of the molecule is CCC(C(=O)N1CC(c2nc(C)no2)C1)c1ccccc1. The largest absolute Gasteiger partial charge is 0.340 e. The third-order valence-corrected chi connectivity index (χ3v) is 3.99. The highest BCUT2D eigenvalue weighted by Crippen LogP contribution is 2.30. The van der Waals surface area contributed by atoms with Gasteiger partial charge in [-0.3, -0.25) is 4.79 Å². The van der Waals surface area contributed by atoms with Crippen molar-refractivity contribution < 1.29 is 9.32 Å². The highest BCUT2D eigenvalue weighted by atomic mass is 16.5. The fourth-order valence-electron chi connectivity index (χ4n) is 2.75. The van der Waals surface area contributed by atoms with Crippen LogP contribution in [0.15, 0.2) is 34.9 Å². The van der Waals surface area contributed by atoms with E-state index in [0.29, 0.717) is 24.8 Å². The first-order valence-corrected chi connectivity index (χ1v) is 7.33. The van der Waals surface area contributed by atoms with Gasteiger partial charge >= 0.3 is 0 Å². The van der Waals surface area contributed by atoms with Crippen molar-refractivity contribution in [3.05, 3.63) is 47.6 Å². The molecule has 5 nitrogen and oxygen atoms in total. The molecule has 2 heterocycles.